The minimum absolute atomic E-state index is 0.150. The first-order valence-electron chi connectivity index (χ1n) is 9.99. The smallest absolute Gasteiger partial charge is 0.335 e. The largest absolute Gasteiger partial charge is 0.495 e. The molecular weight excluding hydrogens is 489 g/mol. The molecule has 3 aromatic carbocycles. The highest BCUT2D eigenvalue weighted by Crippen LogP contribution is 2.38. The Bertz CT molecular complexity index is 1150. The molecule has 0 aliphatic carbocycles. The molecule has 9 heteroatoms. The van der Waals surface area contributed by atoms with Crippen molar-refractivity contribution in [2.75, 3.05) is 19.0 Å². The van der Waals surface area contributed by atoms with Gasteiger partial charge in [-0.2, -0.15) is 0 Å². The molecule has 0 fully saturated rings. The van der Waals surface area contributed by atoms with E-state index in [4.69, 9.17) is 49.0 Å². The van der Waals surface area contributed by atoms with E-state index in [2.05, 4.69) is 5.32 Å². The van der Waals surface area contributed by atoms with Crippen molar-refractivity contribution in [1.29, 1.82) is 0 Å². The number of benzene rings is 3. The zero-order chi connectivity index (χ0) is 24.0. The van der Waals surface area contributed by atoms with Gasteiger partial charge >= 0.3 is 5.97 Å². The van der Waals surface area contributed by atoms with Gasteiger partial charge in [0.05, 0.1) is 40.0 Å². The predicted molar refractivity (Wildman–Crippen MR) is 131 cm³/mol. The third-order valence-corrected chi connectivity index (χ3v) is 5.69. The topological polar surface area (TPSA) is 77.0 Å². The summed E-state index contributed by atoms with van der Waals surface area (Å²) in [5, 5.41) is 13.7. The third-order valence-electron chi connectivity index (χ3n) is 4.67. The summed E-state index contributed by atoms with van der Waals surface area (Å²) in [7, 11) is 1.52. The van der Waals surface area contributed by atoms with Crippen molar-refractivity contribution in [2.24, 2.45) is 0 Å². The van der Waals surface area contributed by atoms with Gasteiger partial charge in [-0.05, 0) is 60.5 Å². The third kappa shape index (κ3) is 6.38. The van der Waals surface area contributed by atoms with Crippen molar-refractivity contribution >= 4 is 46.5 Å². The Hall–Kier alpha value is -2.80. The van der Waals surface area contributed by atoms with E-state index in [-0.39, 0.29) is 12.2 Å². The molecule has 0 heterocycles. The maximum absolute atomic E-state index is 11.3. The van der Waals surface area contributed by atoms with Gasteiger partial charge in [0.2, 0.25) is 0 Å². The summed E-state index contributed by atoms with van der Waals surface area (Å²) in [4.78, 5) is 11.3. The van der Waals surface area contributed by atoms with Gasteiger partial charge in [0.15, 0.2) is 11.5 Å². The van der Waals surface area contributed by atoms with Crippen LogP contribution in [0, 0.1) is 0 Å². The van der Waals surface area contributed by atoms with Crippen molar-refractivity contribution < 1.29 is 24.1 Å². The van der Waals surface area contributed by atoms with Crippen LogP contribution in [0.2, 0.25) is 15.1 Å². The molecule has 3 aromatic rings. The number of hydrogen-bond donors (Lipinski definition) is 2. The molecule has 0 saturated carbocycles. The molecule has 0 aliphatic heterocycles. The van der Waals surface area contributed by atoms with E-state index in [1.165, 1.54) is 19.2 Å². The van der Waals surface area contributed by atoms with Crippen molar-refractivity contribution in [3.05, 3.63) is 80.3 Å². The van der Waals surface area contributed by atoms with Crippen molar-refractivity contribution in [2.45, 2.75) is 20.1 Å². The number of halogens is 3. The van der Waals surface area contributed by atoms with Gasteiger partial charge in [0.25, 0.3) is 0 Å². The number of carboxylic acids is 1. The molecule has 0 aromatic heterocycles. The van der Waals surface area contributed by atoms with E-state index in [1.54, 1.807) is 24.3 Å². The van der Waals surface area contributed by atoms with E-state index in [0.717, 1.165) is 11.1 Å². The molecule has 0 spiro atoms. The highest BCUT2D eigenvalue weighted by molar-refractivity contribution is 6.42. The van der Waals surface area contributed by atoms with Crippen LogP contribution >= 0.6 is 34.8 Å². The van der Waals surface area contributed by atoms with Crippen LogP contribution in [0.5, 0.6) is 17.2 Å². The molecule has 3 rings (SSSR count). The van der Waals surface area contributed by atoms with Crippen LogP contribution in [0.4, 0.5) is 5.69 Å². The molecule has 174 valence electrons. The fraction of sp³-hybridized carbons (Fsp3) is 0.208. The highest BCUT2D eigenvalue weighted by Gasteiger charge is 2.15. The van der Waals surface area contributed by atoms with E-state index >= 15 is 0 Å². The first kappa shape index (κ1) is 24.8. The molecule has 0 bridgehead atoms. The van der Waals surface area contributed by atoms with Gasteiger partial charge in [0.1, 0.15) is 12.4 Å². The van der Waals surface area contributed by atoms with Gasteiger partial charge in [-0.3, -0.25) is 0 Å². The van der Waals surface area contributed by atoms with E-state index < -0.39 is 5.97 Å². The molecular formula is C24H22Cl3NO5. The Kier molecular flexibility index (Phi) is 8.55. The highest BCUT2D eigenvalue weighted by atomic mass is 35.5. The lowest BCUT2D eigenvalue weighted by Gasteiger charge is -2.17. The lowest BCUT2D eigenvalue weighted by atomic mass is 10.1. The van der Waals surface area contributed by atoms with E-state index in [0.29, 0.717) is 51.2 Å². The van der Waals surface area contributed by atoms with E-state index in [1.807, 2.05) is 19.1 Å². The fourth-order valence-electron chi connectivity index (χ4n) is 3.09. The molecule has 0 amide bonds. The summed E-state index contributed by atoms with van der Waals surface area (Å²) < 4.78 is 17.0. The van der Waals surface area contributed by atoms with Crippen LogP contribution < -0.4 is 19.5 Å². The normalized spacial score (nSPS) is 10.6. The Morgan fingerprint density at radius 1 is 0.909 bits per heavy atom. The lowest BCUT2D eigenvalue weighted by Crippen LogP contribution is -2.06. The van der Waals surface area contributed by atoms with Crippen molar-refractivity contribution in [3.63, 3.8) is 0 Å². The molecule has 2 N–H and O–H groups in total. The SMILES string of the molecule is CCOc1cc(CNc2cc(C(=O)O)ccc2OC)cc(Cl)c1OCc1ccc(Cl)c(Cl)c1. The zero-order valence-corrected chi connectivity index (χ0v) is 20.2. The lowest BCUT2D eigenvalue weighted by molar-refractivity contribution is 0.0697. The van der Waals surface area contributed by atoms with Gasteiger partial charge in [-0.25, -0.2) is 4.79 Å². The standard InChI is InChI=1S/C24H22Cl3NO5/c1-3-32-22-10-15(12-28-20-11-16(24(29)30)5-7-21(20)31-2)9-19(27)23(22)33-13-14-4-6-17(25)18(26)8-14/h4-11,28H,3,12-13H2,1-2H3,(H,29,30). The maximum Gasteiger partial charge on any atom is 0.335 e. The molecule has 0 unspecified atom stereocenters. The number of hydrogen-bond acceptors (Lipinski definition) is 5. The minimum atomic E-state index is -1.02. The predicted octanol–water partition coefficient (Wildman–Crippen LogP) is 6.94. The second-order valence-electron chi connectivity index (χ2n) is 6.95. The zero-order valence-electron chi connectivity index (χ0n) is 18.0. The van der Waals surface area contributed by atoms with Crippen LogP contribution in [0.25, 0.3) is 0 Å². The monoisotopic (exact) mass is 509 g/mol. The summed E-state index contributed by atoms with van der Waals surface area (Å²) in [6, 6.07) is 13.4. The van der Waals surface area contributed by atoms with Crippen LogP contribution in [0.3, 0.4) is 0 Å². The molecule has 6 nitrogen and oxygen atoms in total. The maximum atomic E-state index is 11.3. The second-order valence-corrected chi connectivity index (χ2v) is 8.17. The molecule has 0 radical (unpaired) electrons. The Morgan fingerprint density at radius 2 is 1.67 bits per heavy atom. The summed E-state index contributed by atoms with van der Waals surface area (Å²) in [6.45, 7) is 2.87. The van der Waals surface area contributed by atoms with Crippen LogP contribution in [-0.2, 0) is 13.2 Å². The van der Waals surface area contributed by atoms with Crippen LogP contribution in [0.15, 0.2) is 48.5 Å². The Labute approximate surface area is 206 Å². The van der Waals surface area contributed by atoms with Crippen LogP contribution in [0.1, 0.15) is 28.4 Å². The average Bonchev–Trinajstić information content (AvgIpc) is 2.79. The number of ether oxygens (including phenoxy) is 3. The number of aromatic carboxylic acids is 1. The van der Waals surface area contributed by atoms with Gasteiger partial charge < -0.3 is 24.6 Å². The quantitative estimate of drug-likeness (QED) is 0.307. The first-order chi connectivity index (χ1) is 15.8. The van der Waals surface area contributed by atoms with E-state index in [9.17, 15) is 9.90 Å². The van der Waals surface area contributed by atoms with Crippen molar-refractivity contribution in [3.8, 4) is 17.2 Å². The average molecular weight is 511 g/mol. The first-order valence-corrected chi connectivity index (χ1v) is 11.1. The fourth-order valence-corrected chi connectivity index (χ4v) is 3.70. The summed E-state index contributed by atoms with van der Waals surface area (Å²) in [5.41, 5.74) is 2.34. The number of nitrogens with one attached hydrogen (secondary N) is 1. The Morgan fingerprint density at radius 3 is 2.33 bits per heavy atom. The van der Waals surface area contributed by atoms with Crippen LogP contribution in [-0.4, -0.2) is 24.8 Å². The number of carboxylic acid groups (broad SMARTS) is 1. The Balaban J connectivity index is 1.80. The summed E-state index contributed by atoms with van der Waals surface area (Å²) in [5.74, 6) is 0.412. The number of methoxy groups -OCH3 is 1. The van der Waals surface area contributed by atoms with Crippen molar-refractivity contribution in [1.82, 2.24) is 0 Å². The summed E-state index contributed by atoms with van der Waals surface area (Å²) >= 11 is 18.6. The molecule has 0 atom stereocenters. The molecule has 0 aliphatic rings. The number of anilines is 1. The molecule has 0 saturated heterocycles. The minimum Gasteiger partial charge on any atom is -0.495 e. The van der Waals surface area contributed by atoms with Gasteiger partial charge in [-0.15, -0.1) is 0 Å². The molecule has 33 heavy (non-hydrogen) atoms. The van der Waals surface area contributed by atoms with Gasteiger partial charge in [-0.1, -0.05) is 40.9 Å². The van der Waals surface area contributed by atoms with Gasteiger partial charge in [0, 0.05) is 6.54 Å². The second kappa shape index (κ2) is 11.4. The number of carbonyl (C=O) groups is 1. The number of rotatable bonds is 10. The summed E-state index contributed by atoms with van der Waals surface area (Å²) in [6.07, 6.45) is 0.